The molecule has 104 valence electrons. The van der Waals surface area contributed by atoms with E-state index in [0.717, 1.165) is 17.8 Å². The van der Waals surface area contributed by atoms with Crippen LogP contribution >= 0.6 is 0 Å². The molecule has 1 fully saturated rings. The first kappa shape index (κ1) is 13.9. The summed E-state index contributed by atoms with van der Waals surface area (Å²) in [6.07, 6.45) is 0.464. The maximum atomic E-state index is 12.1. The molecule has 1 aromatic carbocycles. The highest BCUT2D eigenvalue weighted by atomic mass is 16.3. The second-order valence-corrected chi connectivity index (χ2v) is 5.38. The number of benzene rings is 1. The average molecular weight is 262 g/mol. The molecule has 0 aliphatic carbocycles. The molecule has 1 amide bonds. The molecule has 2 unspecified atom stereocenters. The van der Waals surface area contributed by atoms with Crippen molar-refractivity contribution in [3.05, 3.63) is 29.3 Å². The quantitative estimate of drug-likeness (QED) is 0.865. The Balaban J connectivity index is 2.37. The Kier molecular flexibility index (Phi) is 4.10. The number of carbonyl (C=O) groups is 1. The van der Waals surface area contributed by atoms with Crippen molar-refractivity contribution >= 4 is 11.6 Å². The van der Waals surface area contributed by atoms with Gasteiger partial charge in [0.2, 0.25) is 5.91 Å². The number of anilines is 1. The number of aryl methyl sites for hydroxylation is 2. The molecule has 19 heavy (non-hydrogen) atoms. The lowest BCUT2D eigenvalue weighted by Gasteiger charge is -2.40. The van der Waals surface area contributed by atoms with Gasteiger partial charge in [-0.1, -0.05) is 12.1 Å². The maximum Gasteiger partial charge on any atom is 0.243 e. The Hall–Kier alpha value is -1.55. The molecule has 1 aliphatic heterocycles. The third-order valence-corrected chi connectivity index (χ3v) is 3.61. The van der Waals surface area contributed by atoms with Gasteiger partial charge >= 0.3 is 0 Å². The lowest BCUT2D eigenvalue weighted by Crippen LogP contribution is -2.59. The van der Waals surface area contributed by atoms with Crippen LogP contribution in [-0.4, -0.2) is 36.2 Å². The van der Waals surface area contributed by atoms with E-state index in [1.54, 1.807) is 0 Å². The van der Waals surface area contributed by atoms with Crippen molar-refractivity contribution in [3.63, 3.8) is 0 Å². The predicted molar refractivity (Wildman–Crippen MR) is 76.4 cm³/mol. The average Bonchev–Trinajstić information content (AvgIpc) is 2.35. The van der Waals surface area contributed by atoms with Crippen molar-refractivity contribution in [2.24, 2.45) is 0 Å². The van der Waals surface area contributed by atoms with Crippen molar-refractivity contribution < 1.29 is 9.90 Å². The minimum absolute atomic E-state index is 0.00806. The predicted octanol–water partition coefficient (Wildman–Crippen LogP) is 1.38. The Morgan fingerprint density at radius 2 is 2.16 bits per heavy atom. The van der Waals surface area contributed by atoms with E-state index in [1.807, 2.05) is 6.92 Å². The molecule has 2 N–H and O–H groups in total. The van der Waals surface area contributed by atoms with Crippen molar-refractivity contribution in [1.29, 1.82) is 0 Å². The number of rotatable bonds is 3. The van der Waals surface area contributed by atoms with Gasteiger partial charge in [-0.25, -0.2) is 0 Å². The van der Waals surface area contributed by atoms with Crippen molar-refractivity contribution in [2.45, 2.75) is 39.3 Å². The number of carbonyl (C=O) groups excluding carboxylic acids is 1. The molecule has 0 aromatic heterocycles. The van der Waals surface area contributed by atoms with Gasteiger partial charge in [0.15, 0.2) is 0 Å². The van der Waals surface area contributed by atoms with E-state index in [0.29, 0.717) is 6.42 Å². The van der Waals surface area contributed by atoms with E-state index in [4.69, 9.17) is 0 Å². The summed E-state index contributed by atoms with van der Waals surface area (Å²) in [6, 6.07) is 6.12. The molecule has 0 bridgehead atoms. The highest BCUT2D eigenvalue weighted by molar-refractivity contribution is 5.87. The molecular weight excluding hydrogens is 240 g/mol. The molecule has 1 aliphatic rings. The van der Waals surface area contributed by atoms with E-state index < -0.39 is 0 Å². The van der Waals surface area contributed by atoms with Crippen molar-refractivity contribution in [1.82, 2.24) is 5.32 Å². The first-order valence-electron chi connectivity index (χ1n) is 6.78. The minimum atomic E-state index is -0.276. The van der Waals surface area contributed by atoms with Crippen molar-refractivity contribution in [2.75, 3.05) is 18.1 Å². The van der Waals surface area contributed by atoms with Crippen LogP contribution in [0.25, 0.3) is 0 Å². The number of aliphatic hydroxyl groups excluding tert-OH is 1. The van der Waals surface area contributed by atoms with Gasteiger partial charge in [0, 0.05) is 24.9 Å². The molecule has 4 nitrogen and oxygen atoms in total. The molecule has 1 heterocycles. The fourth-order valence-electron chi connectivity index (χ4n) is 2.65. The molecule has 0 spiro atoms. The summed E-state index contributed by atoms with van der Waals surface area (Å²) in [5.41, 5.74) is 3.44. The zero-order chi connectivity index (χ0) is 14.0. The monoisotopic (exact) mass is 262 g/mol. The summed E-state index contributed by atoms with van der Waals surface area (Å²) in [6.45, 7) is 6.92. The number of nitrogens with zero attached hydrogens (tertiary/aromatic N) is 1. The summed E-state index contributed by atoms with van der Waals surface area (Å²) < 4.78 is 0. The molecular formula is C15H22N2O2. The standard InChI is InChI=1S/C15H22N2O2/c1-10-4-5-11(2)14(8-10)17-9-12(3)16-15(19)13(17)6-7-18/h4-5,8,12-13,18H,6-7,9H2,1-3H3,(H,16,19). The molecule has 0 saturated carbocycles. The topological polar surface area (TPSA) is 52.6 Å². The zero-order valence-corrected chi connectivity index (χ0v) is 11.8. The number of hydrogen-bond donors (Lipinski definition) is 2. The van der Waals surface area contributed by atoms with Crippen LogP contribution in [0, 0.1) is 13.8 Å². The molecule has 1 saturated heterocycles. The fraction of sp³-hybridized carbons (Fsp3) is 0.533. The summed E-state index contributed by atoms with van der Waals surface area (Å²) in [4.78, 5) is 14.2. The summed E-state index contributed by atoms with van der Waals surface area (Å²) in [5, 5.41) is 12.1. The number of piperazine rings is 1. The van der Waals surface area contributed by atoms with Crippen LogP contribution < -0.4 is 10.2 Å². The van der Waals surface area contributed by atoms with Crippen LogP contribution in [0.3, 0.4) is 0 Å². The molecule has 4 heteroatoms. The molecule has 1 aromatic rings. The van der Waals surface area contributed by atoms with Gasteiger partial charge < -0.3 is 15.3 Å². The smallest absolute Gasteiger partial charge is 0.243 e. The van der Waals surface area contributed by atoms with Crippen molar-refractivity contribution in [3.8, 4) is 0 Å². The summed E-state index contributed by atoms with van der Waals surface area (Å²) in [7, 11) is 0. The second kappa shape index (κ2) is 5.61. The van der Waals surface area contributed by atoms with Crippen LogP contribution in [0.5, 0.6) is 0 Å². The van der Waals surface area contributed by atoms with E-state index >= 15 is 0 Å². The van der Waals surface area contributed by atoms with Gasteiger partial charge in [-0.3, -0.25) is 4.79 Å². The van der Waals surface area contributed by atoms with E-state index in [9.17, 15) is 9.90 Å². The van der Waals surface area contributed by atoms with Gasteiger partial charge in [0.05, 0.1) is 0 Å². The van der Waals surface area contributed by atoms with Gasteiger partial charge in [0.25, 0.3) is 0 Å². The third kappa shape index (κ3) is 2.89. The Morgan fingerprint density at radius 1 is 1.42 bits per heavy atom. The lowest BCUT2D eigenvalue weighted by atomic mass is 10.0. The maximum absolute atomic E-state index is 12.1. The highest BCUT2D eigenvalue weighted by Crippen LogP contribution is 2.26. The zero-order valence-electron chi connectivity index (χ0n) is 11.8. The van der Waals surface area contributed by atoms with Gasteiger partial charge in [-0.2, -0.15) is 0 Å². The number of amides is 1. The third-order valence-electron chi connectivity index (χ3n) is 3.61. The Morgan fingerprint density at radius 3 is 2.84 bits per heavy atom. The normalized spacial score (nSPS) is 23.4. The number of aliphatic hydroxyl groups is 1. The second-order valence-electron chi connectivity index (χ2n) is 5.38. The number of hydrogen-bond acceptors (Lipinski definition) is 3. The minimum Gasteiger partial charge on any atom is -0.396 e. The van der Waals surface area contributed by atoms with E-state index in [-0.39, 0.29) is 24.6 Å². The van der Waals surface area contributed by atoms with Crippen LogP contribution in [0.2, 0.25) is 0 Å². The van der Waals surface area contributed by atoms with Crippen LogP contribution in [0.15, 0.2) is 18.2 Å². The van der Waals surface area contributed by atoms with Gasteiger partial charge in [0.1, 0.15) is 6.04 Å². The van der Waals surface area contributed by atoms with Gasteiger partial charge in [-0.05, 0) is 44.4 Å². The van der Waals surface area contributed by atoms with E-state index in [2.05, 4.69) is 42.3 Å². The van der Waals surface area contributed by atoms with Crippen LogP contribution in [0.4, 0.5) is 5.69 Å². The Labute approximate surface area is 114 Å². The first-order chi connectivity index (χ1) is 9.02. The first-order valence-corrected chi connectivity index (χ1v) is 6.78. The van der Waals surface area contributed by atoms with Gasteiger partial charge in [-0.15, -0.1) is 0 Å². The summed E-state index contributed by atoms with van der Waals surface area (Å²) >= 11 is 0. The number of nitrogens with one attached hydrogen (secondary N) is 1. The molecule has 2 atom stereocenters. The van der Waals surface area contributed by atoms with Crippen LogP contribution in [0.1, 0.15) is 24.5 Å². The Bertz CT molecular complexity index is 473. The summed E-state index contributed by atoms with van der Waals surface area (Å²) in [5.74, 6) is 0.00806. The van der Waals surface area contributed by atoms with Crippen LogP contribution in [-0.2, 0) is 4.79 Å². The van der Waals surface area contributed by atoms with E-state index in [1.165, 1.54) is 5.56 Å². The fourth-order valence-corrected chi connectivity index (χ4v) is 2.65. The molecule has 2 rings (SSSR count). The highest BCUT2D eigenvalue weighted by Gasteiger charge is 2.33. The largest absolute Gasteiger partial charge is 0.396 e. The lowest BCUT2D eigenvalue weighted by molar-refractivity contribution is -0.124. The SMILES string of the molecule is Cc1ccc(C)c(N2CC(C)NC(=O)C2CCO)c1. The molecule has 0 radical (unpaired) electrons.